The minimum absolute atomic E-state index is 0.0934. The van der Waals surface area contributed by atoms with Gasteiger partial charge in [-0.3, -0.25) is 0 Å². The number of anilines is 2. The molecule has 4 rings (SSSR count). The van der Waals surface area contributed by atoms with Crippen molar-refractivity contribution in [2.75, 3.05) is 43.1 Å². The summed E-state index contributed by atoms with van der Waals surface area (Å²) in [6, 6.07) is 1.83. The molecule has 1 saturated carbocycles. The third-order valence-corrected chi connectivity index (χ3v) is 5.05. The number of aromatic nitrogens is 6. The number of methoxy groups -OCH3 is 1. The Morgan fingerprint density at radius 3 is 2.42 bits per heavy atom. The molecule has 0 aromatic carbocycles. The molecule has 0 unspecified atom stereocenters. The summed E-state index contributed by atoms with van der Waals surface area (Å²) in [5.74, 6) is 1.61. The molecule has 1 aliphatic heterocycles. The first-order valence-electron chi connectivity index (χ1n) is 8.38. The number of hydrogen-bond acceptors (Lipinski definition) is 8. The maximum atomic E-state index is 5.70. The van der Waals surface area contributed by atoms with Gasteiger partial charge in [0.05, 0.1) is 12.1 Å². The minimum Gasteiger partial charge on any atom is -0.376 e. The van der Waals surface area contributed by atoms with Gasteiger partial charge in [-0.1, -0.05) is 5.10 Å². The Balaban J connectivity index is 1.42. The van der Waals surface area contributed by atoms with Crippen molar-refractivity contribution in [3.8, 4) is 0 Å². The van der Waals surface area contributed by atoms with Crippen LogP contribution in [0.15, 0.2) is 18.5 Å². The predicted octanol–water partition coefficient (Wildman–Crippen LogP) is 0.359. The first-order chi connectivity index (χ1) is 11.8. The van der Waals surface area contributed by atoms with Crippen LogP contribution in [0, 0.1) is 0 Å². The SMILES string of the molecule is COC1(Cn2nnnc2N2CCN(c3ncccn3)CC2)CCC1. The van der Waals surface area contributed by atoms with Crippen LogP contribution in [0.5, 0.6) is 0 Å². The topological polar surface area (TPSA) is 85.1 Å². The largest absolute Gasteiger partial charge is 0.376 e. The van der Waals surface area contributed by atoms with Crippen LogP contribution in [0.3, 0.4) is 0 Å². The third-order valence-electron chi connectivity index (χ3n) is 5.05. The van der Waals surface area contributed by atoms with Crippen molar-refractivity contribution < 1.29 is 4.74 Å². The lowest BCUT2D eigenvalue weighted by Gasteiger charge is -2.41. The molecule has 3 heterocycles. The van der Waals surface area contributed by atoms with Gasteiger partial charge in [0.2, 0.25) is 11.9 Å². The van der Waals surface area contributed by atoms with Crippen LogP contribution < -0.4 is 9.80 Å². The molecule has 1 aliphatic carbocycles. The van der Waals surface area contributed by atoms with Gasteiger partial charge < -0.3 is 14.5 Å². The quantitative estimate of drug-likeness (QED) is 0.777. The Labute approximate surface area is 140 Å². The van der Waals surface area contributed by atoms with Crippen molar-refractivity contribution in [3.63, 3.8) is 0 Å². The number of ether oxygens (including phenoxy) is 1. The molecule has 2 aromatic heterocycles. The van der Waals surface area contributed by atoms with Gasteiger partial charge in [-0.25, -0.2) is 14.6 Å². The number of tetrazole rings is 1. The zero-order valence-corrected chi connectivity index (χ0v) is 13.9. The van der Waals surface area contributed by atoms with Gasteiger partial charge >= 0.3 is 0 Å². The van der Waals surface area contributed by atoms with E-state index >= 15 is 0 Å². The second kappa shape index (κ2) is 6.31. The summed E-state index contributed by atoms with van der Waals surface area (Å²) in [5, 5.41) is 12.3. The van der Waals surface area contributed by atoms with E-state index in [-0.39, 0.29) is 5.60 Å². The highest BCUT2D eigenvalue weighted by atomic mass is 16.5. The second-order valence-corrected chi connectivity index (χ2v) is 6.40. The fourth-order valence-corrected chi connectivity index (χ4v) is 3.36. The Kier molecular flexibility index (Phi) is 4.01. The molecule has 24 heavy (non-hydrogen) atoms. The fraction of sp³-hybridized carbons (Fsp3) is 0.667. The van der Waals surface area contributed by atoms with Crippen LogP contribution in [0.2, 0.25) is 0 Å². The smallest absolute Gasteiger partial charge is 0.245 e. The minimum atomic E-state index is -0.0934. The normalized spacial score (nSPS) is 20.0. The number of hydrogen-bond donors (Lipinski definition) is 0. The number of nitrogens with zero attached hydrogens (tertiary/aromatic N) is 8. The number of piperazine rings is 1. The maximum absolute atomic E-state index is 5.70. The van der Waals surface area contributed by atoms with E-state index in [2.05, 4.69) is 35.3 Å². The number of rotatable bonds is 5. The van der Waals surface area contributed by atoms with Crippen molar-refractivity contribution in [2.45, 2.75) is 31.4 Å². The van der Waals surface area contributed by atoms with Gasteiger partial charge in [-0.2, -0.15) is 0 Å². The summed E-state index contributed by atoms with van der Waals surface area (Å²) in [5.41, 5.74) is -0.0934. The highest BCUT2D eigenvalue weighted by Gasteiger charge is 2.39. The standard InChI is InChI=1S/C15H22N8O/c1-24-15(4-2-5-15)12-23-14(18-19-20-23)22-10-8-21(9-11-22)13-16-6-3-7-17-13/h3,6-7H,2,4-5,8-12H2,1H3. The molecule has 0 N–H and O–H groups in total. The van der Waals surface area contributed by atoms with Crippen LogP contribution in [0.1, 0.15) is 19.3 Å². The van der Waals surface area contributed by atoms with Crippen molar-refractivity contribution in [1.29, 1.82) is 0 Å². The van der Waals surface area contributed by atoms with Crippen molar-refractivity contribution >= 4 is 11.9 Å². The highest BCUT2D eigenvalue weighted by Crippen LogP contribution is 2.36. The lowest BCUT2D eigenvalue weighted by molar-refractivity contribution is -0.0855. The van der Waals surface area contributed by atoms with E-state index < -0.39 is 0 Å². The average molecular weight is 330 g/mol. The van der Waals surface area contributed by atoms with E-state index in [0.29, 0.717) is 6.54 Å². The van der Waals surface area contributed by atoms with Crippen LogP contribution in [-0.2, 0) is 11.3 Å². The summed E-state index contributed by atoms with van der Waals surface area (Å²) in [6.07, 6.45) is 6.90. The Hall–Kier alpha value is -2.29. The molecule has 0 bridgehead atoms. The lowest BCUT2D eigenvalue weighted by Crippen LogP contribution is -2.49. The lowest BCUT2D eigenvalue weighted by atomic mass is 9.80. The molecule has 0 amide bonds. The molecular formula is C15H22N8O. The molecule has 128 valence electrons. The van der Waals surface area contributed by atoms with E-state index in [1.807, 2.05) is 10.7 Å². The van der Waals surface area contributed by atoms with Crippen LogP contribution in [0.4, 0.5) is 11.9 Å². The van der Waals surface area contributed by atoms with Gasteiger partial charge in [-0.15, -0.1) is 0 Å². The summed E-state index contributed by atoms with van der Waals surface area (Å²) >= 11 is 0. The van der Waals surface area contributed by atoms with Gasteiger partial charge in [0.25, 0.3) is 0 Å². The molecule has 2 aliphatic rings. The Morgan fingerprint density at radius 1 is 1.08 bits per heavy atom. The molecule has 2 fully saturated rings. The summed E-state index contributed by atoms with van der Waals surface area (Å²) in [7, 11) is 1.78. The van der Waals surface area contributed by atoms with E-state index in [9.17, 15) is 0 Å². The molecule has 2 aromatic rings. The molecule has 0 atom stereocenters. The van der Waals surface area contributed by atoms with Gasteiger partial charge in [0.15, 0.2) is 0 Å². The van der Waals surface area contributed by atoms with Crippen LogP contribution in [0.25, 0.3) is 0 Å². The predicted molar refractivity (Wildman–Crippen MR) is 87.9 cm³/mol. The van der Waals surface area contributed by atoms with E-state index in [1.54, 1.807) is 19.5 Å². The zero-order chi connectivity index (χ0) is 16.4. The monoisotopic (exact) mass is 330 g/mol. The second-order valence-electron chi connectivity index (χ2n) is 6.40. The molecule has 9 nitrogen and oxygen atoms in total. The van der Waals surface area contributed by atoms with Crippen LogP contribution >= 0.6 is 0 Å². The van der Waals surface area contributed by atoms with E-state index in [0.717, 1.165) is 50.9 Å². The van der Waals surface area contributed by atoms with Crippen molar-refractivity contribution in [1.82, 2.24) is 30.2 Å². The van der Waals surface area contributed by atoms with Gasteiger partial charge in [-0.05, 0) is 35.8 Å². The molecular weight excluding hydrogens is 308 g/mol. The summed E-state index contributed by atoms with van der Waals surface area (Å²) < 4.78 is 7.59. The average Bonchev–Trinajstić information content (AvgIpc) is 3.07. The molecule has 9 heteroatoms. The fourth-order valence-electron chi connectivity index (χ4n) is 3.36. The Bertz CT molecular complexity index is 658. The first-order valence-corrected chi connectivity index (χ1v) is 8.38. The molecule has 0 radical (unpaired) electrons. The third kappa shape index (κ3) is 2.79. The van der Waals surface area contributed by atoms with E-state index in [4.69, 9.17) is 4.74 Å². The van der Waals surface area contributed by atoms with E-state index in [1.165, 1.54) is 6.42 Å². The summed E-state index contributed by atoms with van der Waals surface area (Å²) in [6.45, 7) is 4.11. The maximum Gasteiger partial charge on any atom is 0.245 e. The zero-order valence-electron chi connectivity index (χ0n) is 13.9. The van der Waals surface area contributed by atoms with Crippen molar-refractivity contribution in [2.24, 2.45) is 0 Å². The highest BCUT2D eigenvalue weighted by molar-refractivity contribution is 5.36. The molecule has 0 spiro atoms. The van der Waals surface area contributed by atoms with Gasteiger partial charge in [0.1, 0.15) is 0 Å². The Morgan fingerprint density at radius 2 is 1.79 bits per heavy atom. The summed E-state index contributed by atoms with van der Waals surface area (Å²) in [4.78, 5) is 13.1. The van der Waals surface area contributed by atoms with Crippen LogP contribution in [-0.4, -0.2) is 69.1 Å². The van der Waals surface area contributed by atoms with Crippen molar-refractivity contribution in [3.05, 3.63) is 18.5 Å². The first kappa shape index (κ1) is 15.3. The molecule has 1 saturated heterocycles. The van der Waals surface area contributed by atoms with Gasteiger partial charge in [0, 0.05) is 45.7 Å².